The maximum absolute atomic E-state index is 13.8. The molecule has 0 radical (unpaired) electrons. The fraction of sp³-hybridized carbons (Fsp3) is 0.235. The van der Waals surface area contributed by atoms with Gasteiger partial charge in [-0.2, -0.15) is 0 Å². The van der Waals surface area contributed by atoms with Gasteiger partial charge in [0.2, 0.25) is 0 Å². The maximum Gasteiger partial charge on any atom is 0.277 e. The zero-order chi connectivity index (χ0) is 17.7. The molecule has 0 aromatic heterocycles. The second kappa shape index (κ2) is 7.48. The van der Waals surface area contributed by atoms with Crippen molar-refractivity contribution < 1.29 is 28.6 Å². The van der Waals surface area contributed by atoms with Gasteiger partial charge in [0.25, 0.3) is 5.91 Å². The predicted octanol–water partition coefficient (Wildman–Crippen LogP) is 2.40. The molecule has 1 unspecified atom stereocenters. The molecule has 0 spiro atoms. The highest BCUT2D eigenvalue weighted by Crippen LogP contribution is 2.24. The van der Waals surface area contributed by atoms with E-state index in [2.05, 4.69) is 0 Å². The van der Waals surface area contributed by atoms with E-state index in [1.807, 2.05) is 0 Å². The minimum Gasteiger partial charge on any atom is -0.393 e. The van der Waals surface area contributed by atoms with Gasteiger partial charge in [-0.3, -0.25) is 10.0 Å². The van der Waals surface area contributed by atoms with Crippen molar-refractivity contribution in [3.8, 4) is 11.1 Å². The molecule has 0 aliphatic rings. The molecule has 0 fully saturated rings. The zero-order valence-electron chi connectivity index (χ0n) is 12.9. The van der Waals surface area contributed by atoms with Gasteiger partial charge in [-0.1, -0.05) is 24.3 Å². The van der Waals surface area contributed by atoms with Crippen LogP contribution >= 0.6 is 0 Å². The molecular weight excluding hydrogens is 320 g/mol. The monoisotopic (exact) mass is 337 g/mol. The molecule has 2 rings (SSSR count). The van der Waals surface area contributed by atoms with E-state index in [-0.39, 0.29) is 12.2 Å². The first-order valence-corrected chi connectivity index (χ1v) is 7.13. The van der Waals surface area contributed by atoms with E-state index in [4.69, 9.17) is 9.94 Å². The predicted molar refractivity (Wildman–Crippen MR) is 82.0 cm³/mol. The fourth-order valence-corrected chi connectivity index (χ4v) is 2.05. The summed E-state index contributed by atoms with van der Waals surface area (Å²) in [4.78, 5) is 11.5. The molecule has 0 aliphatic carbocycles. The Bertz CT molecular complexity index is 721. The van der Waals surface area contributed by atoms with Gasteiger partial charge in [0.05, 0.1) is 13.2 Å². The van der Waals surface area contributed by atoms with E-state index in [0.717, 1.165) is 6.07 Å². The Morgan fingerprint density at radius 2 is 1.88 bits per heavy atom. The number of carbonyl (C=O) groups is 1. The lowest BCUT2D eigenvalue weighted by Gasteiger charge is -2.25. The third-order valence-corrected chi connectivity index (χ3v) is 3.64. The van der Waals surface area contributed by atoms with Crippen LogP contribution in [0.3, 0.4) is 0 Å². The first kappa shape index (κ1) is 18.0. The molecule has 0 saturated heterocycles. The van der Waals surface area contributed by atoms with Crippen LogP contribution in [0.1, 0.15) is 12.5 Å². The molecule has 1 atom stereocenters. The number of benzene rings is 2. The minimum absolute atomic E-state index is 0.00331. The van der Waals surface area contributed by atoms with Crippen LogP contribution in [0.15, 0.2) is 42.5 Å². The number of rotatable bonds is 6. The lowest BCUT2D eigenvalue weighted by Crippen LogP contribution is -2.48. The molecule has 1 amide bonds. The van der Waals surface area contributed by atoms with Crippen molar-refractivity contribution in [1.29, 1.82) is 0 Å². The molecule has 0 saturated carbocycles. The van der Waals surface area contributed by atoms with Crippen molar-refractivity contribution in [3.63, 3.8) is 0 Å². The molecule has 0 aliphatic heterocycles. The number of nitrogens with one attached hydrogen (secondary N) is 1. The topological polar surface area (TPSA) is 78.8 Å². The Labute approximate surface area is 137 Å². The van der Waals surface area contributed by atoms with E-state index >= 15 is 0 Å². The number of ether oxygens (including phenoxy) is 1. The van der Waals surface area contributed by atoms with Crippen molar-refractivity contribution in [1.82, 2.24) is 5.48 Å². The van der Waals surface area contributed by atoms with Crippen LogP contribution in [0.5, 0.6) is 0 Å². The Balaban J connectivity index is 2.11. The molecule has 128 valence electrons. The molecular formula is C17H17F2NO4. The second-order valence-electron chi connectivity index (χ2n) is 5.44. The average molecular weight is 337 g/mol. The normalized spacial score (nSPS) is 13.4. The van der Waals surface area contributed by atoms with Gasteiger partial charge in [0, 0.05) is 11.6 Å². The molecule has 5 nitrogen and oxygen atoms in total. The Morgan fingerprint density at radius 3 is 2.42 bits per heavy atom. The Kier molecular flexibility index (Phi) is 5.61. The largest absolute Gasteiger partial charge is 0.393 e. The van der Waals surface area contributed by atoms with Gasteiger partial charge in [-0.05, 0) is 30.2 Å². The third-order valence-electron chi connectivity index (χ3n) is 3.64. The van der Waals surface area contributed by atoms with Gasteiger partial charge in [0.15, 0.2) is 5.60 Å². The number of amides is 1. The lowest BCUT2D eigenvalue weighted by atomic mass is 10.0. The van der Waals surface area contributed by atoms with Gasteiger partial charge >= 0.3 is 0 Å². The summed E-state index contributed by atoms with van der Waals surface area (Å²) in [6.07, 6.45) is 0. The maximum atomic E-state index is 13.8. The van der Waals surface area contributed by atoms with Crippen molar-refractivity contribution in [2.24, 2.45) is 0 Å². The van der Waals surface area contributed by atoms with Gasteiger partial charge in [-0.25, -0.2) is 14.3 Å². The first-order valence-electron chi connectivity index (χ1n) is 7.13. The molecule has 2 aromatic rings. The molecule has 2 aromatic carbocycles. The number of aliphatic hydroxyl groups excluding tert-OH is 1. The summed E-state index contributed by atoms with van der Waals surface area (Å²) in [5.74, 6) is -2.17. The smallest absolute Gasteiger partial charge is 0.277 e. The van der Waals surface area contributed by atoms with E-state index in [1.165, 1.54) is 24.5 Å². The number of hydrogen-bond acceptors (Lipinski definition) is 4. The lowest BCUT2D eigenvalue weighted by molar-refractivity contribution is -0.161. The number of carbonyl (C=O) groups excluding carboxylic acids is 1. The summed E-state index contributed by atoms with van der Waals surface area (Å²) < 4.78 is 32.1. The molecule has 0 heterocycles. The van der Waals surface area contributed by atoms with E-state index < -0.39 is 29.7 Å². The van der Waals surface area contributed by atoms with Crippen molar-refractivity contribution in [2.45, 2.75) is 19.1 Å². The summed E-state index contributed by atoms with van der Waals surface area (Å²) in [6, 6.07) is 9.93. The molecule has 3 N–H and O–H groups in total. The van der Waals surface area contributed by atoms with Crippen LogP contribution in [-0.4, -0.2) is 28.4 Å². The highest BCUT2D eigenvalue weighted by atomic mass is 19.1. The second-order valence-corrected chi connectivity index (χ2v) is 5.44. The van der Waals surface area contributed by atoms with E-state index in [0.29, 0.717) is 11.1 Å². The number of halogens is 2. The van der Waals surface area contributed by atoms with Crippen molar-refractivity contribution >= 4 is 5.91 Å². The molecule has 0 bridgehead atoms. The first-order chi connectivity index (χ1) is 11.4. The van der Waals surface area contributed by atoms with Crippen LogP contribution in [-0.2, 0) is 16.1 Å². The summed E-state index contributed by atoms with van der Waals surface area (Å²) in [7, 11) is 0. The van der Waals surface area contributed by atoms with Crippen LogP contribution < -0.4 is 5.48 Å². The van der Waals surface area contributed by atoms with Gasteiger partial charge in [-0.15, -0.1) is 0 Å². The Hall–Kier alpha value is -2.35. The van der Waals surface area contributed by atoms with Crippen molar-refractivity contribution in [2.75, 3.05) is 6.61 Å². The number of hydrogen-bond donors (Lipinski definition) is 3. The summed E-state index contributed by atoms with van der Waals surface area (Å²) in [5, 5.41) is 17.9. The third kappa shape index (κ3) is 3.94. The minimum atomic E-state index is -1.59. The standard InChI is InChI=1S/C17H17F2NO4/c1-17(10-21,16(22)20-23)24-9-11-2-4-12(5-3-11)14-7-6-13(18)8-15(14)19/h2-8,21,23H,9-10H2,1H3,(H,20,22). The number of aliphatic hydroxyl groups is 1. The van der Waals surface area contributed by atoms with Gasteiger partial charge in [0.1, 0.15) is 11.6 Å². The van der Waals surface area contributed by atoms with Crippen molar-refractivity contribution in [3.05, 3.63) is 59.7 Å². The van der Waals surface area contributed by atoms with Gasteiger partial charge < -0.3 is 9.84 Å². The summed E-state index contributed by atoms with van der Waals surface area (Å²) in [5.41, 5.74) is 1.36. The van der Waals surface area contributed by atoms with E-state index in [9.17, 15) is 18.7 Å². The highest BCUT2D eigenvalue weighted by Gasteiger charge is 2.33. The Morgan fingerprint density at radius 1 is 1.21 bits per heavy atom. The summed E-state index contributed by atoms with van der Waals surface area (Å²) in [6.45, 7) is 0.718. The number of hydroxylamine groups is 1. The van der Waals surface area contributed by atoms with Crippen LogP contribution in [0.4, 0.5) is 8.78 Å². The quantitative estimate of drug-likeness (QED) is 0.559. The molecule has 24 heavy (non-hydrogen) atoms. The van der Waals surface area contributed by atoms with Crippen LogP contribution in [0.2, 0.25) is 0 Å². The summed E-state index contributed by atoms with van der Waals surface area (Å²) >= 11 is 0. The zero-order valence-corrected chi connectivity index (χ0v) is 12.9. The SMILES string of the molecule is CC(CO)(OCc1ccc(-c2ccc(F)cc2F)cc1)C(=O)NO. The highest BCUT2D eigenvalue weighted by molar-refractivity contribution is 5.83. The molecule has 7 heteroatoms. The fourth-order valence-electron chi connectivity index (χ4n) is 2.05. The van der Waals surface area contributed by atoms with E-state index in [1.54, 1.807) is 24.3 Å². The van der Waals surface area contributed by atoms with Crippen LogP contribution in [0, 0.1) is 11.6 Å². The van der Waals surface area contributed by atoms with Crippen LogP contribution in [0.25, 0.3) is 11.1 Å². The average Bonchev–Trinajstić information content (AvgIpc) is 2.59.